The van der Waals surface area contributed by atoms with Crippen molar-refractivity contribution in [2.45, 2.75) is 26.4 Å². The Morgan fingerprint density at radius 3 is 2.41 bits per heavy atom. The predicted octanol–water partition coefficient (Wildman–Crippen LogP) is 3.08. The predicted molar refractivity (Wildman–Crippen MR) is 62.3 cm³/mol. The Bertz CT molecular complexity index is 366. The van der Waals surface area contributed by atoms with Crippen molar-refractivity contribution in [3.63, 3.8) is 0 Å². The van der Waals surface area contributed by atoms with Crippen LogP contribution < -0.4 is 5.73 Å². The van der Waals surface area contributed by atoms with Crippen LogP contribution in [0, 0.1) is 23.5 Å². The maximum absolute atomic E-state index is 13.9. The summed E-state index contributed by atoms with van der Waals surface area (Å²) in [6.45, 7) is 3.94. The molecule has 0 aromatic heterocycles. The highest BCUT2D eigenvalue weighted by Gasteiger charge is 2.24. The van der Waals surface area contributed by atoms with E-state index >= 15 is 0 Å². The Labute approximate surface area is 99.8 Å². The maximum atomic E-state index is 13.9. The van der Waals surface area contributed by atoms with E-state index in [4.69, 9.17) is 5.73 Å². The minimum absolute atomic E-state index is 0.0663. The summed E-state index contributed by atoms with van der Waals surface area (Å²) in [4.78, 5) is 0. The van der Waals surface area contributed by atoms with Gasteiger partial charge >= 0.3 is 0 Å². The van der Waals surface area contributed by atoms with E-state index in [1.54, 1.807) is 0 Å². The normalized spacial score (nSPS) is 15.0. The van der Waals surface area contributed by atoms with Gasteiger partial charge in [-0.1, -0.05) is 26.0 Å². The third-order valence-electron chi connectivity index (χ3n) is 3.04. The number of rotatable bonds is 5. The van der Waals surface area contributed by atoms with Crippen molar-refractivity contribution >= 4 is 0 Å². The highest BCUT2D eigenvalue weighted by Crippen LogP contribution is 2.22. The molecule has 2 N–H and O–H groups in total. The van der Waals surface area contributed by atoms with Crippen LogP contribution in [0.1, 0.15) is 19.4 Å². The van der Waals surface area contributed by atoms with E-state index in [9.17, 15) is 13.2 Å². The van der Waals surface area contributed by atoms with Gasteiger partial charge in [-0.3, -0.25) is 0 Å². The van der Waals surface area contributed by atoms with Gasteiger partial charge in [-0.15, -0.1) is 0 Å². The number of nitrogens with two attached hydrogens (primary N) is 1. The smallest absolute Gasteiger partial charge is 0.162 e. The first-order valence-corrected chi connectivity index (χ1v) is 5.74. The fraction of sp³-hybridized carbons (Fsp3) is 0.538. The number of benzene rings is 1. The molecule has 0 amide bonds. The second-order valence-corrected chi connectivity index (χ2v) is 4.58. The van der Waals surface area contributed by atoms with Gasteiger partial charge in [0.25, 0.3) is 0 Å². The molecule has 96 valence electrons. The fourth-order valence-corrected chi connectivity index (χ4v) is 1.91. The first-order valence-electron chi connectivity index (χ1n) is 5.74. The van der Waals surface area contributed by atoms with Crippen molar-refractivity contribution in [1.29, 1.82) is 0 Å². The van der Waals surface area contributed by atoms with Gasteiger partial charge in [0.2, 0.25) is 0 Å². The molecule has 0 saturated heterocycles. The summed E-state index contributed by atoms with van der Waals surface area (Å²) < 4.78 is 40.3. The van der Waals surface area contributed by atoms with Crippen molar-refractivity contribution in [1.82, 2.24) is 0 Å². The van der Waals surface area contributed by atoms with Crippen LogP contribution in [0.2, 0.25) is 0 Å². The standard InChI is InChI=1S/C13H18F3N/c1-8(2)10(7-17)12(15)6-9-4-3-5-11(14)13(9)16/h3-5,8,10,12H,6-7,17H2,1-2H3. The lowest BCUT2D eigenvalue weighted by molar-refractivity contribution is 0.184. The fourth-order valence-electron chi connectivity index (χ4n) is 1.91. The zero-order valence-corrected chi connectivity index (χ0v) is 10.1. The largest absolute Gasteiger partial charge is 0.330 e. The Hall–Kier alpha value is -1.03. The van der Waals surface area contributed by atoms with Crippen molar-refractivity contribution in [3.8, 4) is 0 Å². The lowest BCUT2D eigenvalue weighted by atomic mass is 9.88. The SMILES string of the molecule is CC(C)C(CN)C(F)Cc1cccc(F)c1F. The average Bonchev–Trinajstić information content (AvgIpc) is 2.25. The molecule has 1 aromatic carbocycles. The quantitative estimate of drug-likeness (QED) is 0.847. The van der Waals surface area contributed by atoms with Crippen LogP contribution in [-0.2, 0) is 6.42 Å². The molecule has 0 bridgehead atoms. The van der Waals surface area contributed by atoms with Gasteiger partial charge in [0.1, 0.15) is 6.17 Å². The molecule has 0 aliphatic heterocycles. The summed E-state index contributed by atoms with van der Waals surface area (Å²) in [5.74, 6) is -2.16. The zero-order valence-electron chi connectivity index (χ0n) is 10.1. The first kappa shape index (κ1) is 14.0. The van der Waals surface area contributed by atoms with Crippen LogP contribution in [-0.4, -0.2) is 12.7 Å². The van der Waals surface area contributed by atoms with Gasteiger partial charge in [0, 0.05) is 12.3 Å². The third kappa shape index (κ3) is 3.46. The van der Waals surface area contributed by atoms with E-state index < -0.39 is 17.8 Å². The lowest BCUT2D eigenvalue weighted by Gasteiger charge is -2.23. The molecule has 0 radical (unpaired) electrons. The molecule has 1 aromatic rings. The molecule has 17 heavy (non-hydrogen) atoms. The Morgan fingerprint density at radius 2 is 1.88 bits per heavy atom. The van der Waals surface area contributed by atoms with E-state index in [0.29, 0.717) is 0 Å². The van der Waals surface area contributed by atoms with Crippen LogP contribution in [0.4, 0.5) is 13.2 Å². The van der Waals surface area contributed by atoms with Gasteiger partial charge in [0.15, 0.2) is 11.6 Å². The molecule has 0 fully saturated rings. The van der Waals surface area contributed by atoms with E-state index in [1.807, 2.05) is 13.8 Å². The lowest BCUT2D eigenvalue weighted by Crippen LogP contribution is -2.31. The second kappa shape index (κ2) is 6.05. The van der Waals surface area contributed by atoms with Gasteiger partial charge in [-0.25, -0.2) is 13.2 Å². The van der Waals surface area contributed by atoms with Crippen molar-refractivity contribution in [2.24, 2.45) is 17.6 Å². The zero-order chi connectivity index (χ0) is 13.0. The van der Waals surface area contributed by atoms with Gasteiger partial charge in [-0.05, 0) is 24.1 Å². The Kier molecular flexibility index (Phi) is 5.00. The highest BCUT2D eigenvalue weighted by atomic mass is 19.2. The van der Waals surface area contributed by atoms with Crippen LogP contribution in [0.25, 0.3) is 0 Å². The van der Waals surface area contributed by atoms with Crippen LogP contribution in [0.15, 0.2) is 18.2 Å². The highest BCUT2D eigenvalue weighted by molar-refractivity contribution is 5.19. The van der Waals surface area contributed by atoms with E-state index in [-0.39, 0.29) is 30.4 Å². The molecule has 2 unspecified atom stereocenters. The number of halogens is 3. The maximum Gasteiger partial charge on any atom is 0.162 e. The van der Waals surface area contributed by atoms with E-state index in [1.165, 1.54) is 12.1 Å². The minimum atomic E-state index is -1.25. The minimum Gasteiger partial charge on any atom is -0.330 e. The molecule has 0 spiro atoms. The summed E-state index contributed by atoms with van der Waals surface area (Å²) in [6, 6.07) is 3.81. The van der Waals surface area contributed by atoms with Gasteiger partial charge < -0.3 is 5.73 Å². The molecule has 1 nitrogen and oxygen atoms in total. The molecule has 0 aliphatic rings. The molecule has 1 rings (SSSR count). The Balaban J connectivity index is 2.80. The average molecular weight is 245 g/mol. The topological polar surface area (TPSA) is 26.0 Å². The number of hydrogen-bond donors (Lipinski definition) is 1. The van der Waals surface area contributed by atoms with Crippen molar-refractivity contribution in [2.75, 3.05) is 6.54 Å². The summed E-state index contributed by atoms with van der Waals surface area (Å²) in [5, 5.41) is 0. The molecule has 2 atom stereocenters. The summed E-state index contributed by atoms with van der Waals surface area (Å²) >= 11 is 0. The van der Waals surface area contributed by atoms with Crippen molar-refractivity contribution < 1.29 is 13.2 Å². The molecule has 0 saturated carbocycles. The number of hydrogen-bond acceptors (Lipinski definition) is 1. The summed E-state index contributed by atoms with van der Waals surface area (Å²) in [6.07, 6.45) is -1.39. The van der Waals surface area contributed by atoms with Crippen LogP contribution >= 0.6 is 0 Å². The molecule has 0 heterocycles. The van der Waals surface area contributed by atoms with Crippen molar-refractivity contribution in [3.05, 3.63) is 35.4 Å². The molecule has 4 heteroatoms. The molecular formula is C13H18F3N. The van der Waals surface area contributed by atoms with E-state index in [2.05, 4.69) is 0 Å². The second-order valence-electron chi connectivity index (χ2n) is 4.58. The third-order valence-corrected chi connectivity index (χ3v) is 3.04. The molecule has 0 aliphatic carbocycles. The Morgan fingerprint density at radius 1 is 1.24 bits per heavy atom. The van der Waals surface area contributed by atoms with Crippen LogP contribution in [0.5, 0.6) is 0 Å². The number of alkyl halides is 1. The summed E-state index contributed by atoms with van der Waals surface area (Å²) in [7, 11) is 0. The van der Waals surface area contributed by atoms with Crippen LogP contribution in [0.3, 0.4) is 0 Å². The van der Waals surface area contributed by atoms with E-state index in [0.717, 1.165) is 6.07 Å². The van der Waals surface area contributed by atoms with Gasteiger partial charge in [-0.2, -0.15) is 0 Å². The molecular weight excluding hydrogens is 227 g/mol. The van der Waals surface area contributed by atoms with Gasteiger partial charge in [0.05, 0.1) is 0 Å². The summed E-state index contributed by atoms with van der Waals surface area (Å²) in [5.41, 5.74) is 5.55. The monoisotopic (exact) mass is 245 g/mol. The first-order chi connectivity index (χ1) is 7.97.